The molecular formula is C21H19BrN2O3. The van der Waals surface area contributed by atoms with Gasteiger partial charge in [0, 0.05) is 27.4 Å². The van der Waals surface area contributed by atoms with Crippen LogP contribution in [0.4, 0.5) is 0 Å². The van der Waals surface area contributed by atoms with E-state index in [2.05, 4.69) is 25.8 Å². The summed E-state index contributed by atoms with van der Waals surface area (Å²) in [5.41, 5.74) is 2.51. The minimum atomic E-state index is -0.195. The van der Waals surface area contributed by atoms with Crippen LogP contribution in [0.3, 0.4) is 0 Å². The molecule has 3 heterocycles. The maximum absolute atomic E-state index is 12.9. The zero-order valence-corrected chi connectivity index (χ0v) is 16.3. The number of fused-ring (bicyclic) bond motifs is 5. The third kappa shape index (κ3) is 2.75. The molecule has 0 radical (unpaired) electrons. The van der Waals surface area contributed by atoms with Crippen LogP contribution in [0, 0.1) is 0 Å². The number of phenolic OH excluding ortho intramolecular Hbond substituents is 1. The van der Waals surface area contributed by atoms with Crippen LogP contribution in [0.25, 0.3) is 32.8 Å². The van der Waals surface area contributed by atoms with Crippen molar-refractivity contribution in [2.24, 2.45) is 0 Å². The second kappa shape index (κ2) is 6.39. The van der Waals surface area contributed by atoms with E-state index < -0.39 is 0 Å². The molecule has 0 spiro atoms. The summed E-state index contributed by atoms with van der Waals surface area (Å²) in [4.78, 5) is 18.2. The fourth-order valence-electron chi connectivity index (χ4n) is 4.16. The van der Waals surface area contributed by atoms with E-state index in [0.29, 0.717) is 23.1 Å². The van der Waals surface area contributed by atoms with Crippen LogP contribution in [0.2, 0.25) is 0 Å². The second-order valence-corrected chi connectivity index (χ2v) is 8.14. The summed E-state index contributed by atoms with van der Waals surface area (Å²) in [7, 11) is 0. The van der Waals surface area contributed by atoms with Gasteiger partial charge in [0.2, 0.25) is 0 Å². The first-order valence-electron chi connectivity index (χ1n) is 9.23. The van der Waals surface area contributed by atoms with E-state index in [-0.39, 0.29) is 11.3 Å². The van der Waals surface area contributed by atoms with Gasteiger partial charge < -0.3 is 14.5 Å². The van der Waals surface area contributed by atoms with Crippen molar-refractivity contribution in [2.45, 2.75) is 25.8 Å². The molecule has 2 aromatic carbocycles. The van der Waals surface area contributed by atoms with Gasteiger partial charge in [0.15, 0.2) is 0 Å². The highest BCUT2D eigenvalue weighted by Crippen LogP contribution is 2.37. The van der Waals surface area contributed by atoms with E-state index in [9.17, 15) is 9.90 Å². The molecule has 0 atom stereocenters. The number of phenols is 1. The minimum absolute atomic E-state index is 0.195. The van der Waals surface area contributed by atoms with Crippen molar-refractivity contribution in [2.75, 3.05) is 13.1 Å². The maximum atomic E-state index is 12.9. The Balaban J connectivity index is 1.81. The van der Waals surface area contributed by atoms with Crippen molar-refractivity contribution in [1.29, 1.82) is 0 Å². The summed E-state index contributed by atoms with van der Waals surface area (Å²) in [6, 6.07) is 9.14. The number of pyridine rings is 1. The van der Waals surface area contributed by atoms with Crippen molar-refractivity contribution in [3.8, 4) is 5.75 Å². The van der Waals surface area contributed by atoms with Gasteiger partial charge in [-0.05, 0) is 56.3 Å². The van der Waals surface area contributed by atoms with Gasteiger partial charge in [-0.2, -0.15) is 0 Å². The number of hydrogen-bond acceptors (Lipinski definition) is 4. The molecule has 1 aliphatic heterocycles. The van der Waals surface area contributed by atoms with Crippen molar-refractivity contribution in [3.63, 3.8) is 0 Å². The molecule has 0 amide bonds. The van der Waals surface area contributed by atoms with Crippen molar-refractivity contribution in [3.05, 3.63) is 50.7 Å². The Hall–Kier alpha value is -2.31. The number of nitrogens with zero attached hydrogens (tertiary/aromatic N) is 1. The van der Waals surface area contributed by atoms with Crippen LogP contribution >= 0.6 is 15.9 Å². The first kappa shape index (κ1) is 16.8. The van der Waals surface area contributed by atoms with E-state index in [0.717, 1.165) is 39.4 Å². The summed E-state index contributed by atoms with van der Waals surface area (Å²) < 4.78 is 7.00. The third-order valence-electron chi connectivity index (χ3n) is 5.47. The molecule has 138 valence electrons. The number of aromatic amines is 1. The van der Waals surface area contributed by atoms with Gasteiger partial charge in [-0.15, -0.1) is 0 Å². The fraction of sp³-hybridized carbons (Fsp3) is 0.286. The number of furan rings is 1. The van der Waals surface area contributed by atoms with E-state index in [1.807, 2.05) is 18.2 Å². The minimum Gasteiger partial charge on any atom is -0.508 e. The number of H-pyrrole nitrogens is 1. The molecule has 5 rings (SSSR count). The van der Waals surface area contributed by atoms with Gasteiger partial charge in [0.05, 0.1) is 10.9 Å². The fourth-order valence-corrected chi connectivity index (χ4v) is 4.52. The largest absolute Gasteiger partial charge is 0.508 e. The zero-order chi connectivity index (χ0) is 18.5. The van der Waals surface area contributed by atoms with Gasteiger partial charge in [0.25, 0.3) is 5.56 Å². The average Bonchev–Trinajstić information content (AvgIpc) is 3.05. The first-order chi connectivity index (χ1) is 13.1. The molecule has 1 aliphatic rings. The van der Waals surface area contributed by atoms with Gasteiger partial charge in [-0.25, -0.2) is 0 Å². The smallest absolute Gasteiger partial charge is 0.260 e. The first-order valence-corrected chi connectivity index (χ1v) is 10.0. The lowest BCUT2D eigenvalue weighted by Gasteiger charge is -2.26. The van der Waals surface area contributed by atoms with Crippen molar-refractivity contribution >= 4 is 48.8 Å². The lowest BCUT2D eigenvalue weighted by molar-refractivity contribution is 0.219. The van der Waals surface area contributed by atoms with Gasteiger partial charge >= 0.3 is 0 Å². The second-order valence-electron chi connectivity index (χ2n) is 7.22. The number of nitrogens with one attached hydrogen (secondary N) is 1. The van der Waals surface area contributed by atoms with E-state index >= 15 is 0 Å². The Labute approximate surface area is 163 Å². The molecule has 2 N–H and O–H groups in total. The van der Waals surface area contributed by atoms with Crippen LogP contribution in [0.1, 0.15) is 24.8 Å². The average molecular weight is 427 g/mol. The molecule has 5 nitrogen and oxygen atoms in total. The Kier molecular flexibility index (Phi) is 3.98. The number of halogens is 1. The van der Waals surface area contributed by atoms with Crippen LogP contribution in [0.15, 0.2) is 44.0 Å². The molecule has 1 saturated heterocycles. The number of rotatable bonds is 2. The number of hydrogen-bond donors (Lipinski definition) is 2. The zero-order valence-electron chi connectivity index (χ0n) is 14.7. The number of benzene rings is 2. The highest BCUT2D eigenvalue weighted by molar-refractivity contribution is 9.10. The molecule has 6 heteroatoms. The normalized spacial score (nSPS) is 15.9. The molecule has 27 heavy (non-hydrogen) atoms. The maximum Gasteiger partial charge on any atom is 0.260 e. The Morgan fingerprint density at radius 2 is 1.93 bits per heavy atom. The molecule has 0 bridgehead atoms. The lowest BCUT2D eigenvalue weighted by Crippen LogP contribution is -2.29. The van der Waals surface area contributed by atoms with Crippen LogP contribution in [0.5, 0.6) is 5.75 Å². The third-order valence-corrected chi connectivity index (χ3v) is 5.96. The predicted octanol–water partition coefficient (Wildman–Crippen LogP) is 4.88. The van der Waals surface area contributed by atoms with Crippen molar-refractivity contribution < 1.29 is 9.52 Å². The SMILES string of the molecule is O=c1[nH]c2cc(Br)ccc2c2oc3ccc(O)c(CN4CCCCC4)c3c12. The van der Waals surface area contributed by atoms with E-state index in [1.165, 1.54) is 19.3 Å². The molecule has 2 aromatic heterocycles. The molecule has 1 fully saturated rings. The van der Waals surface area contributed by atoms with Gasteiger partial charge in [-0.1, -0.05) is 22.4 Å². The van der Waals surface area contributed by atoms with E-state index in [1.54, 1.807) is 12.1 Å². The topological polar surface area (TPSA) is 69.5 Å². The molecule has 4 aromatic rings. The van der Waals surface area contributed by atoms with Crippen LogP contribution in [-0.2, 0) is 6.54 Å². The molecule has 0 unspecified atom stereocenters. The Morgan fingerprint density at radius 3 is 2.74 bits per heavy atom. The van der Waals surface area contributed by atoms with Gasteiger partial charge in [-0.3, -0.25) is 9.69 Å². The summed E-state index contributed by atoms with van der Waals surface area (Å²) >= 11 is 3.44. The predicted molar refractivity (Wildman–Crippen MR) is 110 cm³/mol. The summed E-state index contributed by atoms with van der Waals surface area (Å²) in [6.45, 7) is 2.65. The van der Waals surface area contributed by atoms with Gasteiger partial charge in [0.1, 0.15) is 16.9 Å². The van der Waals surface area contributed by atoms with E-state index in [4.69, 9.17) is 4.42 Å². The summed E-state index contributed by atoms with van der Waals surface area (Å²) in [5.74, 6) is 0.214. The number of aromatic hydroxyl groups is 1. The monoisotopic (exact) mass is 426 g/mol. The quantitative estimate of drug-likeness (QED) is 0.479. The van der Waals surface area contributed by atoms with Crippen LogP contribution in [-0.4, -0.2) is 28.1 Å². The Bertz CT molecular complexity index is 1240. The Morgan fingerprint density at radius 1 is 1.11 bits per heavy atom. The highest BCUT2D eigenvalue weighted by atomic mass is 79.9. The molecule has 0 saturated carbocycles. The number of piperidine rings is 1. The van der Waals surface area contributed by atoms with Crippen LogP contribution < -0.4 is 5.56 Å². The molecule has 0 aliphatic carbocycles. The summed E-state index contributed by atoms with van der Waals surface area (Å²) in [5, 5.41) is 12.7. The number of likely N-dealkylation sites (tertiary alicyclic amines) is 1. The lowest BCUT2D eigenvalue weighted by atomic mass is 10.0. The number of aromatic nitrogens is 1. The highest BCUT2D eigenvalue weighted by Gasteiger charge is 2.21. The van der Waals surface area contributed by atoms with Crippen molar-refractivity contribution in [1.82, 2.24) is 9.88 Å². The molecular weight excluding hydrogens is 408 g/mol. The standard InChI is InChI=1S/C21H19BrN2O3/c22-12-4-5-13-15(10-12)23-21(26)19-18-14(11-24-8-2-1-3-9-24)16(25)6-7-17(18)27-20(13)19/h4-7,10,25H,1-3,8-9,11H2,(H,23,26). The summed E-state index contributed by atoms with van der Waals surface area (Å²) in [6.07, 6.45) is 3.59.